The van der Waals surface area contributed by atoms with Crippen LogP contribution in [0.2, 0.25) is 0 Å². The number of hydrazine groups is 2. The van der Waals surface area contributed by atoms with Crippen LogP contribution < -0.4 is 42.5 Å². The van der Waals surface area contributed by atoms with E-state index in [1.54, 1.807) is 16.2 Å². The average molecular weight is 547 g/mol. The van der Waals surface area contributed by atoms with Crippen LogP contribution in [-0.4, -0.2) is 41.1 Å². The summed E-state index contributed by atoms with van der Waals surface area (Å²) in [6.07, 6.45) is 0.668. The topological polar surface area (TPSA) is 135 Å². The van der Waals surface area contributed by atoms with Crippen LogP contribution in [-0.2, 0) is 24.3 Å². The summed E-state index contributed by atoms with van der Waals surface area (Å²) in [4.78, 5) is 31.4. The number of nitrogens with zero attached hydrogens (tertiary/aromatic N) is 4. The minimum atomic E-state index is -0.397. The van der Waals surface area contributed by atoms with E-state index in [9.17, 15) is 9.59 Å². The van der Waals surface area contributed by atoms with Gasteiger partial charge in [-0.25, -0.2) is 15.3 Å². The summed E-state index contributed by atoms with van der Waals surface area (Å²) >= 11 is 0. The third kappa shape index (κ3) is 5.17. The number of ether oxygens (including phenoxy) is 2. The van der Waals surface area contributed by atoms with Crippen molar-refractivity contribution in [3.63, 3.8) is 0 Å². The van der Waals surface area contributed by atoms with E-state index >= 15 is 0 Å². The van der Waals surface area contributed by atoms with Crippen LogP contribution in [0.15, 0.2) is 45.2 Å². The van der Waals surface area contributed by atoms with Gasteiger partial charge in [-0.3, -0.25) is 19.4 Å². The van der Waals surface area contributed by atoms with Gasteiger partial charge in [-0.05, 0) is 62.9 Å². The molecule has 40 heavy (non-hydrogen) atoms. The average Bonchev–Trinajstić information content (AvgIpc) is 3.47. The lowest BCUT2D eigenvalue weighted by Gasteiger charge is -2.25. The van der Waals surface area contributed by atoms with Crippen molar-refractivity contribution in [3.05, 3.63) is 68.6 Å². The van der Waals surface area contributed by atoms with E-state index in [1.165, 1.54) is 0 Å². The van der Waals surface area contributed by atoms with Crippen LogP contribution in [0.4, 0.5) is 5.69 Å². The van der Waals surface area contributed by atoms with Gasteiger partial charge in [0.05, 0.1) is 25.1 Å². The van der Waals surface area contributed by atoms with Crippen molar-refractivity contribution in [1.82, 2.24) is 30.9 Å². The zero-order valence-electron chi connectivity index (χ0n) is 23.3. The van der Waals surface area contributed by atoms with Crippen molar-refractivity contribution >= 4 is 17.4 Å². The second-order valence-corrected chi connectivity index (χ2v) is 9.75. The highest BCUT2D eigenvalue weighted by molar-refractivity contribution is 6.37. The summed E-state index contributed by atoms with van der Waals surface area (Å²) in [5, 5.41) is 6.61. The molecule has 0 spiro atoms. The van der Waals surface area contributed by atoms with E-state index in [0.29, 0.717) is 36.6 Å². The van der Waals surface area contributed by atoms with Gasteiger partial charge in [-0.1, -0.05) is 17.7 Å². The summed E-state index contributed by atoms with van der Waals surface area (Å²) in [7, 11) is 1.61. The van der Waals surface area contributed by atoms with Crippen LogP contribution in [0.5, 0.6) is 11.5 Å². The van der Waals surface area contributed by atoms with E-state index in [4.69, 9.17) is 14.5 Å². The standard InChI is InChI=1S/C28H34N8O4/c1-6-40-23-13-19-7-9-35-21(20(19)14-22(23)39-5)15-24(30-25-17(3)11-16(2)12-18(25)4)36(28(35)38)10-8-29-27(37)26-31-33-34-32-26/h11-15,33-34H,6-10H2,1-5H3,(H,29,37)(H,31,32). The fraction of sp³-hybridized carbons (Fsp3) is 0.357. The van der Waals surface area contributed by atoms with Gasteiger partial charge in [0.1, 0.15) is 5.49 Å². The number of hydrazone groups is 1. The molecule has 2 aromatic carbocycles. The number of aromatic nitrogens is 2. The molecule has 0 bridgehead atoms. The summed E-state index contributed by atoms with van der Waals surface area (Å²) in [5.74, 6) is 1.01. The predicted octanol–water partition coefficient (Wildman–Crippen LogP) is 1.48. The third-order valence-corrected chi connectivity index (χ3v) is 6.97. The molecule has 0 radical (unpaired) electrons. The number of methoxy groups -OCH3 is 1. The van der Waals surface area contributed by atoms with Crippen molar-refractivity contribution in [3.8, 4) is 22.8 Å². The van der Waals surface area contributed by atoms with E-state index in [-0.39, 0.29) is 24.6 Å². The van der Waals surface area contributed by atoms with Crippen molar-refractivity contribution in [2.75, 3.05) is 20.3 Å². The number of nitrogens with one attached hydrogen (secondary N) is 4. The van der Waals surface area contributed by atoms with Crippen molar-refractivity contribution in [2.45, 2.75) is 47.2 Å². The quantitative estimate of drug-likeness (QED) is 0.336. The van der Waals surface area contributed by atoms with Crippen LogP contribution >= 0.6 is 0 Å². The van der Waals surface area contributed by atoms with Crippen LogP contribution in [0.3, 0.4) is 0 Å². The Kier molecular flexibility index (Phi) is 7.60. The maximum Gasteiger partial charge on any atom is 0.330 e. The molecular formula is C28H34N8O4. The fourth-order valence-electron chi connectivity index (χ4n) is 5.21. The zero-order chi connectivity index (χ0) is 28.4. The maximum absolute atomic E-state index is 14.0. The van der Waals surface area contributed by atoms with E-state index in [1.807, 2.05) is 45.9 Å². The lowest BCUT2D eigenvalue weighted by atomic mass is 9.97. The van der Waals surface area contributed by atoms with E-state index < -0.39 is 5.91 Å². The number of benzene rings is 2. The molecule has 2 aliphatic heterocycles. The summed E-state index contributed by atoms with van der Waals surface area (Å²) in [5.41, 5.74) is 14.6. The smallest absolute Gasteiger partial charge is 0.330 e. The Labute approximate surface area is 231 Å². The van der Waals surface area contributed by atoms with E-state index in [2.05, 4.69) is 39.0 Å². The molecule has 0 saturated heterocycles. The highest BCUT2D eigenvalue weighted by Gasteiger charge is 2.23. The molecule has 0 atom stereocenters. The van der Waals surface area contributed by atoms with Crippen molar-refractivity contribution < 1.29 is 14.3 Å². The number of carbonyl (C=O) groups is 1. The Morgan fingerprint density at radius 2 is 1.90 bits per heavy atom. The van der Waals surface area contributed by atoms with Crippen molar-refractivity contribution in [2.24, 2.45) is 10.1 Å². The molecule has 1 amide bonds. The molecule has 0 unspecified atom stereocenters. The molecule has 210 valence electrons. The summed E-state index contributed by atoms with van der Waals surface area (Å²) < 4.78 is 14.8. The first-order valence-electron chi connectivity index (χ1n) is 13.2. The Bertz CT molecular complexity index is 1610. The van der Waals surface area contributed by atoms with Gasteiger partial charge < -0.3 is 14.8 Å². The number of fused-ring (bicyclic) bond motifs is 3. The molecule has 2 aliphatic rings. The lowest BCUT2D eigenvalue weighted by molar-refractivity contribution is -0.115. The van der Waals surface area contributed by atoms with Crippen LogP contribution in [0, 0.1) is 20.8 Å². The van der Waals surface area contributed by atoms with Crippen molar-refractivity contribution in [1.29, 1.82) is 0 Å². The SMILES string of the molecule is CCOc1cc2c(cc1OC)-c1cc(=Nc3c(C)cc(C)cc3C)n(CCNC(=O)C3=NNNN3)c(=O)n1CC2. The number of hydrogen-bond acceptors (Lipinski definition) is 9. The molecular weight excluding hydrogens is 512 g/mol. The Balaban J connectivity index is 1.63. The molecule has 0 saturated carbocycles. The normalized spacial score (nSPS) is 14.0. The minimum Gasteiger partial charge on any atom is -0.493 e. The second kappa shape index (κ2) is 11.3. The minimum absolute atomic E-state index is 0.111. The van der Waals surface area contributed by atoms with Gasteiger partial charge in [0, 0.05) is 31.3 Å². The highest BCUT2D eigenvalue weighted by atomic mass is 16.5. The summed E-state index contributed by atoms with van der Waals surface area (Å²) in [6, 6.07) is 10.0. The Morgan fingerprint density at radius 3 is 2.58 bits per heavy atom. The van der Waals surface area contributed by atoms with Gasteiger partial charge in [-0.2, -0.15) is 0 Å². The third-order valence-electron chi connectivity index (χ3n) is 6.97. The van der Waals surface area contributed by atoms with Gasteiger partial charge in [0.25, 0.3) is 5.91 Å². The Hall–Kier alpha value is -4.58. The second-order valence-electron chi connectivity index (χ2n) is 9.75. The molecule has 0 fully saturated rings. The first-order chi connectivity index (χ1) is 19.3. The molecule has 0 aliphatic carbocycles. The number of carbonyl (C=O) groups excluding carboxylic acids is 1. The number of amides is 1. The van der Waals surface area contributed by atoms with Gasteiger partial charge in [0.15, 0.2) is 11.5 Å². The largest absolute Gasteiger partial charge is 0.493 e. The van der Waals surface area contributed by atoms with E-state index in [0.717, 1.165) is 39.2 Å². The number of amidine groups is 1. The van der Waals surface area contributed by atoms with Gasteiger partial charge in [0.2, 0.25) is 5.84 Å². The van der Waals surface area contributed by atoms with Gasteiger partial charge >= 0.3 is 5.69 Å². The summed E-state index contributed by atoms with van der Waals surface area (Å²) in [6.45, 7) is 9.47. The molecule has 4 N–H and O–H groups in total. The van der Waals surface area contributed by atoms with Crippen LogP contribution in [0.25, 0.3) is 11.3 Å². The first kappa shape index (κ1) is 27.0. The number of aryl methyl sites for hydroxylation is 4. The highest BCUT2D eigenvalue weighted by Crippen LogP contribution is 2.37. The monoisotopic (exact) mass is 546 g/mol. The molecule has 5 rings (SSSR count). The molecule has 12 nitrogen and oxygen atoms in total. The molecule has 3 heterocycles. The van der Waals surface area contributed by atoms with Gasteiger partial charge in [-0.15, -0.1) is 10.6 Å². The Morgan fingerprint density at radius 1 is 1.12 bits per heavy atom. The fourth-order valence-corrected chi connectivity index (χ4v) is 5.21. The molecule has 1 aromatic heterocycles. The number of rotatable bonds is 8. The van der Waals surface area contributed by atoms with Crippen LogP contribution in [0.1, 0.15) is 29.2 Å². The molecule has 3 aromatic rings. The zero-order valence-corrected chi connectivity index (χ0v) is 23.3. The first-order valence-corrected chi connectivity index (χ1v) is 13.2. The molecule has 12 heteroatoms. The number of hydrogen-bond donors (Lipinski definition) is 4. The lowest BCUT2D eigenvalue weighted by Crippen LogP contribution is -2.46. The predicted molar refractivity (Wildman–Crippen MR) is 151 cm³/mol. The maximum atomic E-state index is 14.0.